The van der Waals surface area contributed by atoms with E-state index >= 15 is 0 Å². The first kappa shape index (κ1) is 31.0. The molecule has 2 aromatic rings. The number of alkyl halides is 1. The lowest BCUT2D eigenvalue weighted by Crippen LogP contribution is -2.38. The Morgan fingerprint density at radius 1 is 1.11 bits per heavy atom. The number of halogens is 1. The number of rotatable bonds is 10. The third kappa shape index (κ3) is 9.89. The summed E-state index contributed by atoms with van der Waals surface area (Å²) in [4.78, 5) is 51.1. The van der Waals surface area contributed by atoms with Gasteiger partial charge in [-0.05, 0) is 34.1 Å². The van der Waals surface area contributed by atoms with Gasteiger partial charge in [0, 0.05) is 0 Å². The van der Waals surface area contributed by atoms with Gasteiger partial charge in [0.25, 0.3) is 0 Å². The second kappa shape index (κ2) is 13.9. The molecule has 0 amide bonds. The third-order valence-corrected chi connectivity index (χ3v) is 4.55. The number of nitrogen functional groups attached to an aromatic ring is 1. The number of carbonyl (C=O) groups is 2. The van der Waals surface area contributed by atoms with Crippen LogP contribution in [0.3, 0.4) is 0 Å². The Morgan fingerprint density at radius 2 is 1.67 bits per heavy atom. The molecule has 0 aliphatic carbocycles. The number of ether oxygens (including phenoxy) is 5. The van der Waals surface area contributed by atoms with E-state index < -0.39 is 45.4 Å². The van der Waals surface area contributed by atoms with E-state index in [1.165, 1.54) is 17.2 Å². The average molecular weight is 539 g/mol. The second-order valence-electron chi connectivity index (χ2n) is 7.66. The highest BCUT2D eigenvalue weighted by molar-refractivity contribution is 7.51. The predicted molar refractivity (Wildman–Crippen MR) is 122 cm³/mol. The van der Waals surface area contributed by atoms with E-state index in [2.05, 4.69) is 33.9 Å². The number of nitrogens with zero attached hydrogens (tertiary/aromatic N) is 4. The smallest absolute Gasteiger partial charge is 0.431 e. The van der Waals surface area contributed by atoms with Crippen molar-refractivity contribution in [1.29, 1.82) is 0 Å². The summed E-state index contributed by atoms with van der Waals surface area (Å²) >= 11 is 0. The molecule has 0 saturated carbocycles. The minimum atomic E-state index is -4.44. The molecule has 2 rings (SSSR count). The van der Waals surface area contributed by atoms with E-state index in [1.54, 1.807) is 34.6 Å². The monoisotopic (exact) mass is 539 g/mol. The number of hydrogen-bond acceptors (Lipinski definition) is 12. The van der Waals surface area contributed by atoms with Gasteiger partial charge in [-0.1, -0.05) is 6.92 Å². The minimum Gasteiger partial charge on any atom is -0.431 e. The zero-order valence-electron chi connectivity index (χ0n) is 20.5. The minimum absolute atomic E-state index is 0.110. The van der Waals surface area contributed by atoms with Gasteiger partial charge in [-0.25, -0.2) is 28.9 Å². The fraction of sp³-hybridized carbons (Fsp3) is 0.632. The van der Waals surface area contributed by atoms with E-state index in [4.69, 9.17) is 20.3 Å². The fourth-order valence-corrected chi connectivity index (χ4v) is 2.88. The van der Waals surface area contributed by atoms with Crippen LogP contribution in [0.15, 0.2) is 12.7 Å². The molecule has 0 radical (unpaired) electrons. The van der Waals surface area contributed by atoms with Crippen LogP contribution in [0, 0.1) is 0 Å². The van der Waals surface area contributed by atoms with Crippen LogP contribution in [0.2, 0.25) is 0 Å². The molecule has 2 aromatic heterocycles. The maximum absolute atomic E-state index is 13.6. The van der Waals surface area contributed by atoms with Gasteiger partial charge in [-0.15, -0.1) is 0 Å². The molecular weight excluding hydrogens is 508 g/mol. The molecule has 17 heteroatoms. The van der Waals surface area contributed by atoms with E-state index in [1.807, 2.05) is 0 Å². The molecule has 0 aliphatic heterocycles. The van der Waals surface area contributed by atoms with Crippen LogP contribution in [-0.2, 0) is 34.0 Å². The zero-order valence-corrected chi connectivity index (χ0v) is 21.4. The highest BCUT2D eigenvalue weighted by atomic mass is 31.2. The van der Waals surface area contributed by atoms with Crippen molar-refractivity contribution >= 4 is 36.9 Å². The molecule has 0 spiro atoms. The Labute approximate surface area is 206 Å². The summed E-state index contributed by atoms with van der Waals surface area (Å²) < 4.78 is 49.1. The van der Waals surface area contributed by atoms with Crippen LogP contribution in [0.25, 0.3) is 11.2 Å². The Hall–Kier alpha value is -3.07. The van der Waals surface area contributed by atoms with Crippen LogP contribution in [0.4, 0.5) is 19.8 Å². The van der Waals surface area contributed by atoms with Crippen molar-refractivity contribution in [3.8, 4) is 0 Å². The molecular formula is C19H31FN5O10P. The van der Waals surface area contributed by atoms with Crippen molar-refractivity contribution in [2.24, 2.45) is 0 Å². The quantitative estimate of drug-likeness (QED) is 0.225. The lowest BCUT2D eigenvalue weighted by Gasteiger charge is -2.31. The summed E-state index contributed by atoms with van der Waals surface area (Å²) in [7, 11) is -4.44. The molecule has 2 heterocycles. The molecule has 0 saturated heterocycles. The van der Waals surface area contributed by atoms with Crippen LogP contribution in [-0.4, -0.2) is 73.6 Å². The Balaban J connectivity index is 0.000000384. The standard InChI is InChI=1S/C10H15FN5O4P.C9H16O6/c1-2-10(3-11,20-6-21(17,18)19)16-5-15-7-8(12)13-4-14-9(7)16;1-6(2)14-8(10)12-5-13-9(11)15-7(3)4/h4-5H,2-3,6H2,1H3,(H2,12,13,14)(H2,17,18,19);6-7H,5H2,1-4H3. The van der Waals surface area contributed by atoms with Gasteiger partial charge in [0.1, 0.15) is 18.5 Å². The largest absolute Gasteiger partial charge is 0.511 e. The van der Waals surface area contributed by atoms with E-state index in [0.29, 0.717) is 0 Å². The van der Waals surface area contributed by atoms with Crippen molar-refractivity contribution < 1.29 is 52.0 Å². The SMILES string of the molecule is CC(C)OC(=O)OCOC(=O)OC(C)C.CCC(CF)(OCP(=O)(O)O)n1cnc2c(N)ncnc21. The normalized spacial score (nSPS) is 13.1. The van der Waals surface area contributed by atoms with Crippen LogP contribution < -0.4 is 5.73 Å². The van der Waals surface area contributed by atoms with Crippen LogP contribution in [0.5, 0.6) is 0 Å². The van der Waals surface area contributed by atoms with Crippen molar-refractivity contribution in [3.63, 3.8) is 0 Å². The molecule has 1 atom stereocenters. The molecule has 1 unspecified atom stereocenters. The van der Waals surface area contributed by atoms with Crippen molar-refractivity contribution in [2.75, 3.05) is 25.5 Å². The van der Waals surface area contributed by atoms with Crippen LogP contribution >= 0.6 is 7.60 Å². The van der Waals surface area contributed by atoms with Gasteiger partial charge in [0.2, 0.25) is 6.79 Å². The predicted octanol–water partition coefficient (Wildman–Crippen LogP) is 2.66. The summed E-state index contributed by atoms with van der Waals surface area (Å²) in [6, 6.07) is 0. The Morgan fingerprint density at radius 3 is 2.11 bits per heavy atom. The van der Waals surface area contributed by atoms with E-state index in [0.717, 1.165) is 0 Å². The van der Waals surface area contributed by atoms with Crippen molar-refractivity contribution in [3.05, 3.63) is 12.7 Å². The first-order valence-electron chi connectivity index (χ1n) is 10.6. The summed E-state index contributed by atoms with van der Waals surface area (Å²) in [5.74, 6) is 0.123. The average Bonchev–Trinajstić information content (AvgIpc) is 3.20. The molecule has 0 aliphatic rings. The van der Waals surface area contributed by atoms with Gasteiger partial charge in [-0.2, -0.15) is 0 Å². The molecule has 15 nitrogen and oxygen atoms in total. The van der Waals surface area contributed by atoms with Gasteiger partial charge < -0.3 is 39.2 Å². The van der Waals surface area contributed by atoms with Gasteiger partial charge in [0.15, 0.2) is 23.5 Å². The maximum Gasteiger partial charge on any atom is 0.511 e. The maximum atomic E-state index is 13.6. The number of hydrogen-bond donors (Lipinski definition) is 3. The Kier molecular flexibility index (Phi) is 11.9. The number of carbonyl (C=O) groups excluding carboxylic acids is 2. The fourth-order valence-electron chi connectivity index (χ4n) is 2.47. The second-order valence-corrected chi connectivity index (χ2v) is 9.24. The molecule has 204 valence electrons. The van der Waals surface area contributed by atoms with Gasteiger partial charge in [-0.3, -0.25) is 9.13 Å². The number of fused-ring (bicyclic) bond motifs is 1. The molecule has 36 heavy (non-hydrogen) atoms. The van der Waals surface area contributed by atoms with E-state index in [9.17, 15) is 18.5 Å². The van der Waals surface area contributed by atoms with Gasteiger partial charge >= 0.3 is 19.9 Å². The van der Waals surface area contributed by atoms with E-state index in [-0.39, 0.29) is 35.6 Å². The number of anilines is 1. The highest BCUT2D eigenvalue weighted by Gasteiger charge is 2.36. The van der Waals surface area contributed by atoms with Crippen LogP contribution in [0.1, 0.15) is 41.0 Å². The zero-order chi connectivity index (χ0) is 27.5. The summed E-state index contributed by atoms with van der Waals surface area (Å²) in [6.07, 6.45) is -0.676. The highest BCUT2D eigenvalue weighted by Crippen LogP contribution is 2.38. The molecule has 0 fully saturated rings. The molecule has 4 N–H and O–H groups in total. The van der Waals surface area contributed by atoms with Crippen molar-refractivity contribution in [1.82, 2.24) is 19.5 Å². The topological polar surface area (TPSA) is 207 Å². The van der Waals surface area contributed by atoms with Crippen molar-refractivity contribution in [2.45, 2.75) is 59.0 Å². The molecule has 0 bridgehead atoms. The summed E-state index contributed by atoms with van der Waals surface area (Å²) in [5.41, 5.74) is 4.54. The summed E-state index contributed by atoms with van der Waals surface area (Å²) in [6.45, 7) is 6.79. The number of imidazole rings is 1. The Bertz CT molecular complexity index is 1020. The summed E-state index contributed by atoms with van der Waals surface area (Å²) in [5, 5.41) is 0. The third-order valence-electron chi connectivity index (χ3n) is 4.08. The lowest BCUT2D eigenvalue weighted by molar-refractivity contribution is -0.108. The first-order valence-corrected chi connectivity index (χ1v) is 12.4. The lowest BCUT2D eigenvalue weighted by atomic mass is 10.2. The number of aromatic nitrogens is 4. The first-order chi connectivity index (χ1) is 16.7. The van der Waals surface area contributed by atoms with Gasteiger partial charge in [0.05, 0.1) is 18.5 Å². The number of nitrogens with two attached hydrogens (primary N) is 1. The molecule has 0 aromatic carbocycles.